The van der Waals surface area contributed by atoms with Crippen molar-refractivity contribution in [3.8, 4) is 5.75 Å². The van der Waals surface area contributed by atoms with Gasteiger partial charge in [0.1, 0.15) is 5.02 Å². The molecule has 1 amide bonds. The molecule has 200 valence electrons. The summed E-state index contributed by atoms with van der Waals surface area (Å²) in [5.74, 6) is 1.09. The predicted octanol–water partition coefficient (Wildman–Crippen LogP) is 5.25. The first kappa shape index (κ1) is 28.2. The van der Waals surface area contributed by atoms with Gasteiger partial charge in [0, 0.05) is 44.3 Å². The standard InChI is InChI=1S/C25H31ClN6O3.C2H6/c1-16(2)32-20-9-8-18(12-17(20)13-21(24(32)34)35-15-22(33)30(3)4)28-23-19(26)14-27-25(29-23)31-10-6-5-7-11-31;1-2/h8-9,12-14,16H,5-7,10-11,15H2,1-4H3,(H,27,28,29);1-2H3. The van der Waals surface area contributed by atoms with Gasteiger partial charge in [-0.2, -0.15) is 4.98 Å². The first-order chi connectivity index (χ1) is 17.7. The fourth-order valence-electron chi connectivity index (χ4n) is 4.11. The maximum atomic E-state index is 13.1. The number of rotatable bonds is 7. The van der Waals surface area contributed by atoms with Crippen molar-refractivity contribution < 1.29 is 9.53 Å². The summed E-state index contributed by atoms with van der Waals surface area (Å²) in [5.41, 5.74) is 1.25. The van der Waals surface area contributed by atoms with Crippen LogP contribution in [0.1, 0.15) is 53.0 Å². The highest BCUT2D eigenvalue weighted by atomic mass is 35.5. The number of ether oxygens (including phenoxy) is 1. The zero-order valence-electron chi connectivity index (χ0n) is 22.5. The van der Waals surface area contributed by atoms with Crippen molar-refractivity contribution in [2.75, 3.05) is 44.0 Å². The molecule has 9 nitrogen and oxygen atoms in total. The smallest absolute Gasteiger partial charge is 0.293 e. The van der Waals surface area contributed by atoms with Crippen molar-refractivity contribution >= 4 is 45.9 Å². The largest absolute Gasteiger partial charge is 0.478 e. The Kier molecular flexibility index (Phi) is 9.74. The Balaban J connectivity index is 0.00000186. The molecule has 1 aliphatic heterocycles. The van der Waals surface area contributed by atoms with Gasteiger partial charge in [0.15, 0.2) is 18.2 Å². The number of benzene rings is 1. The summed E-state index contributed by atoms with van der Waals surface area (Å²) in [6.45, 7) is 9.53. The maximum absolute atomic E-state index is 13.1. The number of fused-ring (bicyclic) bond motifs is 1. The lowest BCUT2D eigenvalue weighted by molar-refractivity contribution is -0.130. The predicted molar refractivity (Wildman–Crippen MR) is 151 cm³/mol. The second kappa shape index (κ2) is 12.8. The van der Waals surface area contributed by atoms with Crippen LogP contribution in [0.4, 0.5) is 17.5 Å². The molecule has 1 saturated heterocycles. The van der Waals surface area contributed by atoms with Crippen LogP contribution in [-0.4, -0.2) is 59.1 Å². The number of aromatic nitrogens is 3. The van der Waals surface area contributed by atoms with Crippen LogP contribution in [0.25, 0.3) is 10.9 Å². The summed E-state index contributed by atoms with van der Waals surface area (Å²) in [6.07, 6.45) is 5.10. The van der Waals surface area contributed by atoms with Gasteiger partial charge in [0.05, 0.1) is 11.7 Å². The molecule has 10 heteroatoms. The molecule has 0 aliphatic carbocycles. The first-order valence-corrected chi connectivity index (χ1v) is 13.2. The van der Waals surface area contributed by atoms with Gasteiger partial charge in [0.25, 0.3) is 11.5 Å². The summed E-state index contributed by atoms with van der Waals surface area (Å²) in [7, 11) is 3.29. The van der Waals surface area contributed by atoms with Gasteiger partial charge in [-0.3, -0.25) is 9.59 Å². The fraction of sp³-hybridized carbons (Fsp3) is 0.481. The van der Waals surface area contributed by atoms with E-state index in [1.165, 1.54) is 11.3 Å². The summed E-state index contributed by atoms with van der Waals surface area (Å²) >= 11 is 6.41. The Bertz CT molecular complexity index is 1290. The minimum absolute atomic E-state index is 0.0969. The van der Waals surface area contributed by atoms with E-state index < -0.39 is 0 Å². The van der Waals surface area contributed by atoms with Gasteiger partial charge in [-0.15, -0.1) is 0 Å². The number of piperidine rings is 1. The molecule has 0 unspecified atom stereocenters. The van der Waals surface area contributed by atoms with Gasteiger partial charge in [-0.1, -0.05) is 25.4 Å². The summed E-state index contributed by atoms with van der Waals surface area (Å²) in [6, 6.07) is 7.25. The fourth-order valence-corrected chi connectivity index (χ4v) is 4.25. The zero-order chi connectivity index (χ0) is 27.1. The summed E-state index contributed by atoms with van der Waals surface area (Å²) < 4.78 is 7.29. The Labute approximate surface area is 223 Å². The quantitative estimate of drug-likeness (QED) is 0.447. The number of nitrogens with one attached hydrogen (secondary N) is 1. The van der Waals surface area contributed by atoms with E-state index in [2.05, 4.69) is 20.2 Å². The number of carbonyl (C=O) groups is 1. The van der Waals surface area contributed by atoms with Crippen LogP contribution in [0.15, 0.2) is 35.3 Å². The molecule has 1 fully saturated rings. The topological polar surface area (TPSA) is 92.6 Å². The van der Waals surface area contributed by atoms with E-state index in [-0.39, 0.29) is 29.9 Å². The second-order valence-electron chi connectivity index (χ2n) is 9.17. The van der Waals surface area contributed by atoms with Crippen LogP contribution in [-0.2, 0) is 4.79 Å². The first-order valence-electron chi connectivity index (χ1n) is 12.8. The monoisotopic (exact) mass is 528 g/mol. The molecule has 4 rings (SSSR count). The molecule has 37 heavy (non-hydrogen) atoms. The Hall–Kier alpha value is -3.33. The molecule has 1 N–H and O–H groups in total. The number of halogens is 1. The highest BCUT2D eigenvalue weighted by Crippen LogP contribution is 2.29. The number of nitrogens with zero attached hydrogens (tertiary/aromatic N) is 5. The highest BCUT2D eigenvalue weighted by molar-refractivity contribution is 6.32. The van der Waals surface area contributed by atoms with E-state index in [9.17, 15) is 9.59 Å². The lowest BCUT2D eigenvalue weighted by Crippen LogP contribution is -2.31. The Morgan fingerprint density at radius 2 is 1.86 bits per heavy atom. The van der Waals surface area contributed by atoms with Gasteiger partial charge < -0.3 is 24.4 Å². The van der Waals surface area contributed by atoms with E-state index in [1.807, 2.05) is 45.9 Å². The molecule has 0 atom stereocenters. The van der Waals surface area contributed by atoms with Crippen LogP contribution < -0.4 is 20.5 Å². The molecule has 3 heterocycles. The number of hydrogen-bond acceptors (Lipinski definition) is 7. The van der Waals surface area contributed by atoms with Crippen LogP contribution in [0.2, 0.25) is 5.02 Å². The number of carbonyl (C=O) groups excluding carboxylic acids is 1. The number of pyridine rings is 1. The van der Waals surface area contributed by atoms with Crippen LogP contribution in [0.5, 0.6) is 5.75 Å². The SMILES string of the molecule is CC.CC(C)n1c(=O)c(OCC(=O)N(C)C)cc2cc(Nc3nc(N4CCCCC4)ncc3Cl)ccc21. The third-order valence-corrected chi connectivity index (χ3v) is 6.28. The molecule has 0 saturated carbocycles. The minimum Gasteiger partial charge on any atom is -0.478 e. The van der Waals surface area contributed by atoms with Crippen molar-refractivity contribution in [1.29, 1.82) is 0 Å². The lowest BCUT2D eigenvalue weighted by atomic mass is 10.1. The molecule has 0 spiro atoms. The van der Waals surface area contributed by atoms with Crippen molar-refractivity contribution in [1.82, 2.24) is 19.4 Å². The molecule has 3 aromatic rings. The molecule has 1 aliphatic rings. The van der Waals surface area contributed by atoms with Crippen LogP contribution in [0, 0.1) is 0 Å². The average molecular weight is 529 g/mol. The Morgan fingerprint density at radius 1 is 1.16 bits per heavy atom. The van der Waals surface area contributed by atoms with Gasteiger partial charge in [-0.05, 0) is 57.4 Å². The zero-order valence-corrected chi connectivity index (χ0v) is 23.3. The van der Waals surface area contributed by atoms with Crippen molar-refractivity contribution in [2.45, 2.75) is 53.0 Å². The van der Waals surface area contributed by atoms with Gasteiger partial charge in [-0.25, -0.2) is 4.98 Å². The van der Waals surface area contributed by atoms with E-state index in [1.54, 1.807) is 30.9 Å². The number of amides is 1. The molecule has 0 radical (unpaired) electrons. The van der Waals surface area contributed by atoms with Crippen LogP contribution >= 0.6 is 11.6 Å². The van der Waals surface area contributed by atoms with E-state index >= 15 is 0 Å². The number of likely N-dealkylation sites (N-methyl/N-ethyl adjacent to an activating group) is 1. The molecular weight excluding hydrogens is 492 g/mol. The van der Waals surface area contributed by atoms with E-state index in [0.29, 0.717) is 16.8 Å². The third kappa shape index (κ3) is 6.71. The highest BCUT2D eigenvalue weighted by Gasteiger charge is 2.17. The maximum Gasteiger partial charge on any atom is 0.293 e. The molecule has 0 bridgehead atoms. The van der Waals surface area contributed by atoms with Crippen LogP contribution in [0.3, 0.4) is 0 Å². The second-order valence-corrected chi connectivity index (χ2v) is 9.57. The Morgan fingerprint density at radius 3 is 2.51 bits per heavy atom. The summed E-state index contributed by atoms with van der Waals surface area (Å²) in [5, 5.41) is 4.50. The van der Waals surface area contributed by atoms with Gasteiger partial charge >= 0.3 is 0 Å². The number of anilines is 3. The van der Waals surface area contributed by atoms with Crippen molar-refractivity contribution in [3.05, 3.63) is 45.8 Å². The lowest BCUT2D eigenvalue weighted by Gasteiger charge is -2.27. The molecular formula is C27H37ClN6O3. The van der Waals surface area contributed by atoms with Gasteiger partial charge in [0.2, 0.25) is 5.95 Å². The average Bonchev–Trinajstić information content (AvgIpc) is 2.90. The molecule has 2 aromatic heterocycles. The third-order valence-electron chi connectivity index (χ3n) is 6.00. The van der Waals surface area contributed by atoms with E-state index in [0.717, 1.165) is 42.5 Å². The van der Waals surface area contributed by atoms with Crippen molar-refractivity contribution in [2.24, 2.45) is 0 Å². The molecule has 1 aromatic carbocycles. The minimum atomic E-state index is -0.273. The number of hydrogen-bond donors (Lipinski definition) is 1. The van der Waals surface area contributed by atoms with E-state index in [4.69, 9.17) is 16.3 Å². The summed E-state index contributed by atoms with van der Waals surface area (Å²) in [4.78, 5) is 37.7. The normalized spacial score (nSPS) is 13.2. The van der Waals surface area contributed by atoms with Crippen molar-refractivity contribution in [3.63, 3.8) is 0 Å².